The average Bonchev–Trinajstić information content (AvgIpc) is 2.86. The van der Waals surface area contributed by atoms with Gasteiger partial charge in [0.15, 0.2) is 0 Å². The van der Waals surface area contributed by atoms with E-state index >= 15 is 0 Å². The predicted molar refractivity (Wildman–Crippen MR) is 84.2 cm³/mol. The summed E-state index contributed by atoms with van der Waals surface area (Å²) in [6.45, 7) is 1.87. The molecular formula is C13H24N4O3S. The summed E-state index contributed by atoms with van der Waals surface area (Å²) >= 11 is 1.48. The van der Waals surface area contributed by atoms with Crippen LogP contribution in [-0.2, 0) is 9.59 Å². The van der Waals surface area contributed by atoms with Crippen molar-refractivity contribution in [2.24, 2.45) is 16.6 Å². The van der Waals surface area contributed by atoms with Gasteiger partial charge in [0.2, 0.25) is 11.8 Å². The van der Waals surface area contributed by atoms with Crippen LogP contribution in [0, 0.1) is 5.92 Å². The number of hydrogen-bond donors (Lipinski definition) is 3. The van der Waals surface area contributed by atoms with Crippen molar-refractivity contribution >= 4 is 28.6 Å². The molecule has 0 aromatic carbocycles. The SMILES string of the molecule is CNC(=O)[C@H]([C@H](O)[C@H](C)CC1=NC(C(N)=O)CS1)N(C)C. The summed E-state index contributed by atoms with van der Waals surface area (Å²) in [6, 6.07) is -1.10. The fourth-order valence-corrected chi connectivity index (χ4v) is 3.40. The number of aliphatic imine (C=N–C) groups is 1. The number of carbonyl (C=O) groups is 2. The van der Waals surface area contributed by atoms with Crippen LogP contribution in [0.1, 0.15) is 13.3 Å². The van der Waals surface area contributed by atoms with E-state index < -0.39 is 24.1 Å². The average molecular weight is 316 g/mol. The molecule has 0 bridgehead atoms. The lowest BCUT2D eigenvalue weighted by atomic mass is 9.94. The molecule has 0 saturated carbocycles. The van der Waals surface area contributed by atoms with Gasteiger partial charge in [0.25, 0.3) is 0 Å². The van der Waals surface area contributed by atoms with Crippen molar-refractivity contribution in [1.82, 2.24) is 10.2 Å². The maximum Gasteiger partial charge on any atom is 0.243 e. The van der Waals surface area contributed by atoms with Crippen LogP contribution in [0.4, 0.5) is 0 Å². The number of nitrogens with zero attached hydrogens (tertiary/aromatic N) is 2. The van der Waals surface area contributed by atoms with Gasteiger partial charge in [-0.05, 0) is 20.0 Å². The van der Waals surface area contributed by atoms with Crippen molar-refractivity contribution in [2.45, 2.75) is 31.5 Å². The van der Waals surface area contributed by atoms with E-state index in [-0.39, 0.29) is 11.8 Å². The first-order chi connectivity index (χ1) is 9.77. The highest BCUT2D eigenvalue weighted by Crippen LogP contribution is 2.25. The van der Waals surface area contributed by atoms with E-state index in [1.54, 1.807) is 26.0 Å². The van der Waals surface area contributed by atoms with E-state index in [1.807, 2.05) is 6.92 Å². The maximum atomic E-state index is 11.9. The second-order valence-corrected chi connectivity index (χ2v) is 6.54. The predicted octanol–water partition coefficient (Wildman–Crippen LogP) is -0.951. The molecular weight excluding hydrogens is 292 g/mol. The molecule has 4 atom stereocenters. The van der Waals surface area contributed by atoms with Gasteiger partial charge in [-0.25, -0.2) is 0 Å². The maximum absolute atomic E-state index is 11.9. The lowest BCUT2D eigenvalue weighted by Gasteiger charge is -2.31. The van der Waals surface area contributed by atoms with E-state index in [4.69, 9.17) is 5.73 Å². The Labute approximate surface area is 129 Å². The molecule has 0 saturated heterocycles. The molecule has 120 valence electrons. The van der Waals surface area contributed by atoms with Crippen molar-refractivity contribution < 1.29 is 14.7 Å². The first kappa shape index (κ1) is 17.9. The number of hydrogen-bond acceptors (Lipinski definition) is 6. The minimum atomic E-state index is -0.823. The van der Waals surface area contributed by atoms with Crippen molar-refractivity contribution in [3.8, 4) is 0 Å². The first-order valence-corrected chi connectivity index (χ1v) is 7.81. The van der Waals surface area contributed by atoms with Gasteiger partial charge in [-0.3, -0.25) is 19.5 Å². The van der Waals surface area contributed by atoms with Crippen LogP contribution in [0.2, 0.25) is 0 Å². The molecule has 8 heteroatoms. The van der Waals surface area contributed by atoms with Gasteiger partial charge in [0.05, 0.1) is 11.1 Å². The van der Waals surface area contributed by atoms with Crippen LogP contribution in [0.15, 0.2) is 4.99 Å². The van der Waals surface area contributed by atoms with Crippen LogP contribution in [0.25, 0.3) is 0 Å². The lowest BCUT2D eigenvalue weighted by molar-refractivity contribution is -0.130. The Kier molecular flexibility index (Phi) is 6.63. The first-order valence-electron chi connectivity index (χ1n) is 6.82. The highest BCUT2D eigenvalue weighted by molar-refractivity contribution is 8.14. The summed E-state index contributed by atoms with van der Waals surface area (Å²) in [6.07, 6.45) is -0.299. The van der Waals surface area contributed by atoms with E-state index in [0.717, 1.165) is 5.04 Å². The molecule has 1 heterocycles. The third-order valence-electron chi connectivity index (χ3n) is 3.51. The number of rotatable bonds is 7. The summed E-state index contributed by atoms with van der Waals surface area (Å²) in [5.74, 6) is -0.259. The second kappa shape index (κ2) is 7.77. The molecule has 2 amide bonds. The number of primary amides is 1. The molecule has 0 aromatic rings. The second-order valence-electron chi connectivity index (χ2n) is 5.45. The molecule has 7 nitrogen and oxygen atoms in total. The molecule has 21 heavy (non-hydrogen) atoms. The smallest absolute Gasteiger partial charge is 0.243 e. The fourth-order valence-electron chi connectivity index (χ4n) is 2.23. The Bertz CT molecular complexity index is 428. The van der Waals surface area contributed by atoms with Gasteiger partial charge in [0, 0.05) is 19.2 Å². The molecule has 1 rings (SSSR count). The number of carbonyl (C=O) groups excluding carboxylic acids is 2. The van der Waals surface area contributed by atoms with Gasteiger partial charge >= 0.3 is 0 Å². The van der Waals surface area contributed by atoms with Crippen molar-refractivity contribution in [2.75, 3.05) is 26.9 Å². The van der Waals surface area contributed by atoms with Crippen LogP contribution in [0.3, 0.4) is 0 Å². The van der Waals surface area contributed by atoms with Gasteiger partial charge in [0.1, 0.15) is 12.1 Å². The van der Waals surface area contributed by atoms with E-state index in [1.165, 1.54) is 11.8 Å². The highest BCUT2D eigenvalue weighted by Gasteiger charge is 2.33. The number of nitrogens with one attached hydrogen (secondary N) is 1. The minimum Gasteiger partial charge on any atom is -0.391 e. The summed E-state index contributed by atoms with van der Waals surface area (Å²) in [5.41, 5.74) is 5.23. The normalized spacial score (nSPS) is 22.6. The van der Waals surface area contributed by atoms with E-state index in [2.05, 4.69) is 10.3 Å². The zero-order chi connectivity index (χ0) is 16.2. The Morgan fingerprint density at radius 3 is 2.62 bits per heavy atom. The molecule has 0 aromatic heterocycles. The van der Waals surface area contributed by atoms with Gasteiger partial charge in [-0.1, -0.05) is 6.92 Å². The molecule has 0 fully saturated rings. The van der Waals surface area contributed by atoms with Gasteiger partial charge in [-0.15, -0.1) is 11.8 Å². The number of nitrogens with two attached hydrogens (primary N) is 1. The number of aliphatic hydroxyl groups is 1. The molecule has 1 aliphatic rings. The van der Waals surface area contributed by atoms with Crippen molar-refractivity contribution in [1.29, 1.82) is 0 Å². The zero-order valence-corrected chi connectivity index (χ0v) is 13.7. The van der Waals surface area contributed by atoms with Crippen molar-refractivity contribution in [3.05, 3.63) is 0 Å². The lowest BCUT2D eigenvalue weighted by Crippen LogP contribution is -2.52. The Hall–Kier alpha value is -1.12. The molecule has 0 spiro atoms. The Balaban J connectivity index is 2.69. The van der Waals surface area contributed by atoms with Gasteiger partial charge < -0.3 is 16.2 Å². The van der Waals surface area contributed by atoms with Crippen LogP contribution < -0.4 is 11.1 Å². The summed E-state index contributed by atoms with van der Waals surface area (Å²) in [7, 11) is 5.05. The Morgan fingerprint density at radius 2 is 2.19 bits per heavy atom. The highest BCUT2D eigenvalue weighted by atomic mass is 32.2. The number of thioether (sulfide) groups is 1. The fraction of sp³-hybridized carbons (Fsp3) is 0.769. The summed E-state index contributed by atoms with van der Waals surface area (Å²) < 4.78 is 0. The third-order valence-corrected chi connectivity index (χ3v) is 4.60. The monoisotopic (exact) mass is 316 g/mol. The largest absolute Gasteiger partial charge is 0.391 e. The van der Waals surface area contributed by atoms with Crippen LogP contribution in [-0.4, -0.2) is 71.9 Å². The molecule has 1 unspecified atom stereocenters. The van der Waals surface area contributed by atoms with Gasteiger partial charge in [-0.2, -0.15) is 0 Å². The Morgan fingerprint density at radius 1 is 1.57 bits per heavy atom. The van der Waals surface area contributed by atoms with Crippen LogP contribution >= 0.6 is 11.8 Å². The molecule has 0 radical (unpaired) electrons. The molecule has 0 aliphatic carbocycles. The number of amides is 2. The topological polar surface area (TPSA) is 108 Å². The summed E-state index contributed by atoms with van der Waals surface area (Å²) in [5, 5.41) is 13.8. The quantitative estimate of drug-likeness (QED) is 0.561. The van der Waals surface area contributed by atoms with Crippen LogP contribution in [0.5, 0.6) is 0 Å². The van der Waals surface area contributed by atoms with E-state index in [0.29, 0.717) is 12.2 Å². The number of likely N-dealkylation sites (N-methyl/N-ethyl adjacent to an activating group) is 2. The zero-order valence-electron chi connectivity index (χ0n) is 12.9. The van der Waals surface area contributed by atoms with E-state index in [9.17, 15) is 14.7 Å². The standard InChI is InChI=1S/C13H24N4O3S/c1-7(5-9-16-8(6-21-9)12(14)19)11(18)10(17(3)4)13(20)15-2/h7-8,10-11,18H,5-6H2,1-4H3,(H2,14,19)(H,15,20)/t7-,8?,10+,11-/m1/s1. The molecule has 1 aliphatic heterocycles. The molecule has 4 N–H and O–H groups in total. The third kappa shape index (κ3) is 4.69. The summed E-state index contributed by atoms with van der Waals surface area (Å²) in [4.78, 5) is 28.9. The minimum absolute atomic E-state index is 0.160. The van der Waals surface area contributed by atoms with Crippen molar-refractivity contribution in [3.63, 3.8) is 0 Å². The number of aliphatic hydroxyl groups excluding tert-OH is 1.